The highest BCUT2D eigenvalue weighted by Crippen LogP contribution is 2.24. The van der Waals surface area contributed by atoms with Gasteiger partial charge in [0.2, 0.25) is 0 Å². The largest absolute Gasteiger partial charge is 0.347 e. The van der Waals surface area contributed by atoms with Gasteiger partial charge in [-0.25, -0.2) is 0 Å². The molecule has 1 aliphatic heterocycles. The van der Waals surface area contributed by atoms with E-state index >= 15 is 0 Å². The Bertz CT molecular complexity index is 92.4. The van der Waals surface area contributed by atoms with Crippen molar-refractivity contribution >= 4 is 15.9 Å². The first-order chi connectivity index (χ1) is 3.60. The van der Waals surface area contributed by atoms with E-state index < -0.39 is 0 Å². The lowest BCUT2D eigenvalue weighted by Crippen LogP contribution is -2.19. The molecule has 0 saturated carbocycles. The maximum atomic E-state index is 5.24. The fraction of sp³-hybridized carbons (Fsp3) is 1.00. The van der Waals surface area contributed by atoms with Crippen molar-refractivity contribution in [3.05, 3.63) is 0 Å². The summed E-state index contributed by atoms with van der Waals surface area (Å²) in [5.41, 5.74) is 0. The Morgan fingerprint density at radius 3 is 2.38 bits per heavy atom. The summed E-state index contributed by atoms with van der Waals surface area (Å²) < 4.78 is 10.4. The van der Waals surface area contributed by atoms with E-state index in [-0.39, 0.29) is 10.8 Å². The Labute approximate surface area is 57.3 Å². The van der Waals surface area contributed by atoms with Gasteiger partial charge >= 0.3 is 0 Å². The zero-order chi connectivity index (χ0) is 6.20. The Morgan fingerprint density at radius 2 is 2.25 bits per heavy atom. The van der Waals surface area contributed by atoms with Gasteiger partial charge in [-0.2, -0.15) is 0 Å². The van der Waals surface area contributed by atoms with Crippen molar-refractivity contribution < 1.29 is 9.47 Å². The van der Waals surface area contributed by atoms with Crippen molar-refractivity contribution in [2.24, 2.45) is 0 Å². The van der Waals surface area contributed by atoms with Crippen LogP contribution in [0.25, 0.3) is 0 Å². The Morgan fingerprint density at radius 1 is 1.62 bits per heavy atom. The Kier molecular flexibility index (Phi) is 1.61. The number of hydrogen-bond donors (Lipinski definition) is 0. The molecule has 1 fully saturated rings. The minimum Gasteiger partial charge on any atom is -0.347 e. The van der Waals surface area contributed by atoms with Crippen LogP contribution in [0.2, 0.25) is 0 Å². The third-order valence-electron chi connectivity index (χ3n) is 0.974. The normalized spacial score (nSPS) is 35.6. The smallest absolute Gasteiger partial charge is 0.164 e. The second kappa shape index (κ2) is 1.97. The van der Waals surface area contributed by atoms with Crippen molar-refractivity contribution in [1.82, 2.24) is 0 Å². The predicted octanol–water partition coefficient (Wildman–Crippen LogP) is 1.49. The molecule has 48 valence electrons. The molecule has 0 aromatic heterocycles. The maximum absolute atomic E-state index is 5.24. The van der Waals surface area contributed by atoms with Gasteiger partial charge in [0.25, 0.3) is 0 Å². The lowest BCUT2D eigenvalue weighted by atomic mass is 10.4. The van der Waals surface area contributed by atoms with Gasteiger partial charge in [-0.3, -0.25) is 0 Å². The van der Waals surface area contributed by atoms with E-state index in [1.165, 1.54) is 0 Å². The monoisotopic (exact) mass is 180 g/mol. The molecular formula is C5H9BrO2. The van der Waals surface area contributed by atoms with Gasteiger partial charge in [-0.15, -0.1) is 0 Å². The lowest BCUT2D eigenvalue weighted by Gasteiger charge is -2.14. The fourth-order valence-electron chi connectivity index (χ4n) is 0.642. The first kappa shape index (κ1) is 6.52. The molecule has 0 aromatic rings. The van der Waals surface area contributed by atoms with Crippen LogP contribution in [0.4, 0.5) is 0 Å². The summed E-state index contributed by atoms with van der Waals surface area (Å²) >= 11 is 3.27. The summed E-state index contributed by atoms with van der Waals surface area (Å²) in [6.07, 6.45) is 0. The molecule has 3 heteroatoms. The Balaban J connectivity index is 2.44. The van der Waals surface area contributed by atoms with E-state index in [1.807, 2.05) is 13.8 Å². The fourth-order valence-corrected chi connectivity index (χ4v) is 1.22. The van der Waals surface area contributed by atoms with Crippen LogP contribution in [-0.4, -0.2) is 17.4 Å². The second-order valence-corrected chi connectivity index (χ2v) is 3.26. The molecule has 0 aromatic carbocycles. The highest BCUT2D eigenvalue weighted by Gasteiger charge is 2.30. The van der Waals surface area contributed by atoms with Crippen LogP contribution in [-0.2, 0) is 9.47 Å². The number of hydrogen-bond acceptors (Lipinski definition) is 2. The van der Waals surface area contributed by atoms with E-state index in [9.17, 15) is 0 Å². The predicted molar refractivity (Wildman–Crippen MR) is 33.8 cm³/mol. The van der Waals surface area contributed by atoms with Crippen LogP contribution >= 0.6 is 15.9 Å². The summed E-state index contributed by atoms with van der Waals surface area (Å²) in [5, 5.41) is 0.0810. The van der Waals surface area contributed by atoms with Crippen LogP contribution in [0, 0.1) is 0 Å². The molecule has 1 atom stereocenters. The standard InChI is InChI=1S/C5H9BrO2/c1-5(2)7-3-4(6)8-5/h4H,3H2,1-2H3. The van der Waals surface area contributed by atoms with Gasteiger partial charge in [0.1, 0.15) is 5.01 Å². The molecule has 0 N–H and O–H groups in total. The second-order valence-electron chi connectivity index (χ2n) is 2.24. The number of alkyl halides is 1. The first-order valence-corrected chi connectivity index (χ1v) is 3.47. The average Bonchev–Trinajstić information content (AvgIpc) is 1.82. The zero-order valence-corrected chi connectivity index (χ0v) is 6.56. The number of rotatable bonds is 0. The number of ether oxygens (including phenoxy) is 2. The molecule has 1 saturated heterocycles. The van der Waals surface area contributed by atoms with E-state index in [0.29, 0.717) is 6.61 Å². The van der Waals surface area contributed by atoms with Gasteiger partial charge in [0, 0.05) is 0 Å². The molecule has 1 aliphatic rings. The van der Waals surface area contributed by atoms with Gasteiger partial charge in [0.15, 0.2) is 5.79 Å². The van der Waals surface area contributed by atoms with Gasteiger partial charge in [-0.05, 0) is 13.8 Å². The highest BCUT2D eigenvalue weighted by molar-refractivity contribution is 9.09. The van der Waals surface area contributed by atoms with Gasteiger partial charge < -0.3 is 9.47 Å². The van der Waals surface area contributed by atoms with E-state index in [0.717, 1.165) is 0 Å². The van der Waals surface area contributed by atoms with Crippen LogP contribution in [0.5, 0.6) is 0 Å². The minimum atomic E-state index is -0.381. The van der Waals surface area contributed by atoms with E-state index in [1.54, 1.807) is 0 Å². The molecule has 0 bridgehead atoms. The summed E-state index contributed by atoms with van der Waals surface area (Å²) in [6.45, 7) is 4.44. The third kappa shape index (κ3) is 1.44. The van der Waals surface area contributed by atoms with E-state index in [4.69, 9.17) is 9.47 Å². The SMILES string of the molecule is CC1(C)OCC(Br)O1. The van der Waals surface area contributed by atoms with Crippen molar-refractivity contribution in [3.8, 4) is 0 Å². The molecule has 0 aliphatic carbocycles. The third-order valence-corrected chi connectivity index (χ3v) is 1.42. The maximum Gasteiger partial charge on any atom is 0.164 e. The van der Waals surface area contributed by atoms with Crippen molar-refractivity contribution in [2.75, 3.05) is 6.61 Å². The topological polar surface area (TPSA) is 18.5 Å². The van der Waals surface area contributed by atoms with E-state index in [2.05, 4.69) is 15.9 Å². The molecule has 1 unspecified atom stereocenters. The summed E-state index contributed by atoms with van der Waals surface area (Å²) in [5.74, 6) is -0.381. The summed E-state index contributed by atoms with van der Waals surface area (Å²) in [7, 11) is 0. The van der Waals surface area contributed by atoms with Crippen molar-refractivity contribution in [3.63, 3.8) is 0 Å². The summed E-state index contributed by atoms with van der Waals surface area (Å²) in [4.78, 5) is 0. The van der Waals surface area contributed by atoms with Gasteiger partial charge in [-0.1, -0.05) is 15.9 Å². The molecule has 1 heterocycles. The van der Waals surface area contributed by atoms with Crippen LogP contribution in [0.15, 0.2) is 0 Å². The molecule has 1 rings (SSSR count). The highest BCUT2D eigenvalue weighted by atomic mass is 79.9. The quantitative estimate of drug-likeness (QED) is 0.527. The Hall–Kier alpha value is 0.400. The first-order valence-electron chi connectivity index (χ1n) is 2.56. The van der Waals surface area contributed by atoms with Gasteiger partial charge in [0.05, 0.1) is 6.61 Å². The van der Waals surface area contributed by atoms with Crippen LogP contribution < -0.4 is 0 Å². The van der Waals surface area contributed by atoms with Crippen molar-refractivity contribution in [1.29, 1.82) is 0 Å². The molecule has 0 radical (unpaired) electrons. The number of halogens is 1. The lowest BCUT2D eigenvalue weighted by molar-refractivity contribution is -0.128. The minimum absolute atomic E-state index is 0.0810. The van der Waals surface area contributed by atoms with Crippen LogP contribution in [0.3, 0.4) is 0 Å². The average molecular weight is 181 g/mol. The van der Waals surface area contributed by atoms with Crippen molar-refractivity contribution in [2.45, 2.75) is 24.6 Å². The molecule has 2 nitrogen and oxygen atoms in total. The molecule has 8 heavy (non-hydrogen) atoms. The molecular weight excluding hydrogens is 172 g/mol. The summed E-state index contributed by atoms with van der Waals surface area (Å²) in [6, 6.07) is 0. The zero-order valence-electron chi connectivity index (χ0n) is 4.98. The molecule has 0 amide bonds. The van der Waals surface area contributed by atoms with Crippen LogP contribution in [0.1, 0.15) is 13.8 Å². The molecule has 0 spiro atoms.